The van der Waals surface area contributed by atoms with Gasteiger partial charge in [0.25, 0.3) is 0 Å². The van der Waals surface area contributed by atoms with Crippen LogP contribution in [-0.2, 0) is 6.54 Å². The van der Waals surface area contributed by atoms with Crippen LogP contribution in [0.5, 0.6) is 5.75 Å². The Hall–Kier alpha value is -0.670. The van der Waals surface area contributed by atoms with Gasteiger partial charge in [-0.25, -0.2) is 0 Å². The number of methoxy groups -OCH3 is 1. The lowest BCUT2D eigenvalue weighted by atomic mass is 10.2. The van der Waals surface area contributed by atoms with E-state index in [0.29, 0.717) is 0 Å². The van der Waals surface area contributed by atoms with Crippen molar-refractivity contribution in [1.82, 2.24) is 0 Å². The Balaban J connectivity index is 2.36. The number of hydrogen-bond donors (Lipinski definition) is 0. The van der Waals surface area contributed by atoms with Crippen LogP contribution in [0.25, 0.3) is 0 Å². The van der Waals surface area contributed by atoms with Crippen LogP contribution < -0.4 is 4.74 Å². The average Bonchev–Trinajstić information content (AvgIpc) is 2.33. The van der Waals surface area contributed by atoms with Gasteiger partial charge in [-0.2, -0.15) is 0 Å². The zero-order valence-corrected chi connectivity index (χ0v) is 10.4. The van der Waals surface area contributed by atoms with E-state index in [1.54, 1.807) is 7.11 Å². The van der Waals surface area contributed by atoms with E-state index in [4.69, 9.17) is 4.74 Å². The number of rotatable bonds is 1. The molecule has 0 bridgehead atoms. The maximum absolute atomic E-state index is 5.27. The van der Waals surface area contributed by atoms with E-state index in [-0.39, 0.29) is 0 Å². The molecular weight excluding hydrogens is 206 g/mol. The van der Waals surface area contributed by atoms with Crippen molar-refractivity contribution < 1.29 is 9.22 Å². The highest BCUT2D eigenvalue weighted by Gasteiger charge is 2.22. The predicted molar refractivity (Wildman–Crippen MR) is 64.4 cm³/mol. The molecule has 3 heteroatoms. The molecule has 82 valence electrons. The van der Waals surface area contributed by atoms with Gasteiger partial charge < -0.3 is 9.22 Å². The van der Waals surface area contributed by atoms with Crippen LogP contribution in [0.15, 0.2) is 23.1 Å². The zero-order chi connectivity index (χ0) is 10.9. The molecule has 0 fully saturated rings. The smallest absolute Gasteiger partial charge is 0.119 e. The normalized spacial score (nSPS) is 19.1. The summed E-state index contributed by atoms with van der Waals surface area (Å²) in [6.45, 7) is 2.32. The summed E-state index contributed by atoms with van der Waals surface area (Å²) in [4.78, 5) is 1.42. The number of fused-ring (bicyclic) bond motifs is 1. The van der Waals surface area contributed by atoms with Crippen molar-refractivity contribution in [2.45, 2.75) is 11.4 Å². The molecule has 0 unspecified atom stereocenters. The van der Waals surface area contributed by atoms with Crippen molar-refractivity contribution in [3.05, 3.63) is 23.8 Å². The Bertz CT molecular complexity index is 363. The number of thioether (sulfide) groups is 1. The molecule has 0 saturated heterocycles. The lowest BCUT2D eigenvalue weighted by Gasteiger charge is -2.27. The third kappa shape index (κ3) is 2.47. The zero-order valence-electron chi connectivity index (χ0n) is 9.62. The summed E-state index contributed by atoms with van der Waals surface area (Å²) in [7, 11) is 6.30. The third-order valence-corrected chi connectivity index (χ3v) is 3.92. The molecule has 0 aromatic heterocycles. The summed E-state index contributed by atoms with van der Waals surface area (Å²) in [5, 5.41) is 0. The van der Waals surface area contributed by atoms with Gasteiger partial charge >= 0.3 is 0 Å². The molecule has 0 radical (unpaired) electrons. The highest BCUT2D eigenvalue weighted by Crippen LogP contribution is 2.31. The maximum atomic E-state index is 5.27. The summed E-state index contributed by atoms with van der Waals surface area (Å²) < 4.78 is 6.34. The van der Waals surface area contributed by atoms with Gasteiger partial charge in [-0.3, -0.25) is 0 Å². The van der Waals surface area contributed by atoms with Crippen molar-refractivity contribution in [3.63, 3.8) is 0 Å². The van der Waals surface area contributed by atoms with E-state index in [0.717, 1.165) is 16.8 Å². The molecule has 0 N–H and O–H groups in total. The fraction of sp³-hybridized carbons (Fsp3) is 0.500. The first-order chi connectivity index (χ1) is 7.11. The average molecular weight is 224 g/mol. The van der Waals surface area contributed by atoms with Crippen LogP contribution >= 0.6 is 11.8 Å². The highest BCUT2D eigenvalue weighted by molar-refractivity contribution is 7.99. The van der Waals surface area contributed by atoms with Crippen LogP contribution in [0.2, 0.25) is 0 Å². The maximum Gasteiger partial charge on any atom is 0.119 e. The fourth-order valence-electron chi connectivity index (χ4n) is 1.89. The number of hydrogen-bond acceptors (Lipinski definition) is 2. The summed E-state index contributed by atoms with van der Waals surface area (Å²) >= 11 is 1.96. The number of ether oxygens (including phenoxy) is 1. The standard InChI is InChI=1S/C12H18NOS/c1-13(2)6-7-15-12-5-4-11(14-3)8-10(12)9-13/h4-5,8H,6-7,9H2,1-3H3/q+1. The van der Waals surface area contributed by atoms with Crippen molar-refractivity contribution in [2.24, 2.45) is 0 Å². The highest BCUT2D eigenvalue weighted by atomic mass is 32.2. The summed E-state index contributed by atoms with van der Waals surface area (Å²) in [5.41, 5.74) is 1.42. The van der Waals surface area contributed by atoms with Gasteiger partial charge in [0, 0.05) is 16.2 Å². The Morgan fingerprint density at radius 3 is 2.87 bits per heavy atom. The predicted octanol–water partition coefficient (Wildman–Crippen LogP) is 2.38. The van der Waals surface area contributed by atoms with Crippen LogP contribution in [-0.4, -0.2) is 38.0 Å². The van der Waals surface area contributed by atoms with Gasteiger partial charge in [0.05, 0.1) is 27.7 Å². The molecule has 0 spiro atoms. The minimum absolute atomic E-state index is 0.969. The van der Waals surface area contributed by atoms with E-state index in [1.807, 2.05) is 11.8 Å². The Labute approximate surface area is 95.8 Å². The van der Waals surface area contributed by atoms with Gasteiger partial charge in [-0.15, -0.1) is 11.8 Å². The minimum atomic E-state index is 0.969. The molecule has 1 aromatic carbocycles. The third-order valence-electron chi connectivity index (χ3n) is 2.82. The topological polar surface area (TPSA) is 9.23 Å². The van der Waals surface area contributed by atoms with Gasteiger partial charge in [0.2, 0.25) is 0 Å². The second kappa shape index (κ2) is 4.06. The molecule has 1 aliphatic rings. The van der Waals surface area contributed by atoms with Crippen molar-refractivity contribution >= 4 is 11.8 Å². The lowest BCUT2D eigenvalue weighted by Crippen LogP contribution is -2.39. The molecule has 15 heavy (non-hydrogen) atoms. The molecule has 0 amide bonds. The van der Waals surface area contributed by atoms with Crippen LogP contribution in [0.1, 0.15) is 5.56 Å². The van der Waals surface area contributed by atoms with Crippen LogP contribution in [0, 0.1) is 0 Å². The number of nitrogens with zero attached hydrogens (tertiary/aromatic N) is 1. The van der Waals surface area contributed by atoms with Gasteiger partial charge in [0.15, 0.2) is 0 Å². The largest absolute Gasteiger partial charge is 0.497 e. The second-order valence-corrected chi connectivity index (χ2v) is 5.78. The summed E-state index contributed by atoms with van der Waals surface area (Å²) in [6.07, 6.45) is 0. The van der Waals surface area contributed by atoms with Crippen molar-refractivity contribution in [3.8, 4) is 5.75 Å². The fourth-order valence-corrected chi connectivity index (χ4v) is 3.17. The van der Waals surface area contributed by atoms with Gasteiger partial charge in [-0.05, 0) is 18.2 Å². The first-order valence-corrected chi connectivity index (χ1v) is 6.21. The second-order valence-electron chi connectivity index (χ2n) is 4.64. The minimum Gasteiger partial charge on any atom is -0.497 e. The molecular formula is C12H18NOS+. The Morgan fingerprint density at radius 1 is 1.33 bits per heavy atom. The number of quaternary nitrogens is 1. The Morgan fingerprint density at radius 2 is 2.13 bits per heavy atom. The lowest BCUT2D eigenvalue weighted by molar-refractivity contribution is -0.901. The summed E-state index contributed by atoms with van der Waals surface area (Å²) in [6, 6.07) is 6.41. The Kier molecular flexibility index (Phi) is 2.94. The van der Waals surface area contributed by atoms with Crippen molar-refractivity contribution in [1.29, 1.82) is 0 Å². The number of benzene rings is 1. The van der Waals surface area contributed by atoms with Crippen molar-refractivity contribution in [2.75, 3.05) is 33.5 Å². The molecule has 1 heterocycles. The molecule has 0 saturated carbocycles. The monoisotopic (exact) mass is 224 g/mol. The van der Waals surface area contributed by atoms with Crippen LogP contribution in [0.4, 0.5) is 0 Å². The quantitative estimate of drug-likeness (QED) is 0.677. The van der Waals surface area contributed by atoms with E-state index in [2.05, 4.69) is 32.3 Å². The molecule has 1 aliphatic heterocycles. The van der Waals surface area contributed by atoms with E-state index < -0.39 is 0 Å². The first-order valence-electron chi connectivity index (χ1n) is 5.22. The van der Waals surface area contributed by atoms with E-state index in [9.17, 15) is 0 Å². The molecule has 2 rings (SSSR count). The van der Waals surface area contributed by atoms with Gasteiger partial charge in [-0.1, -0.05) is 0 Å². The molecule has 1 aromatic rings. The SMILES string of the molecule is COc1ccc2c(c1)C[N+](C)(C)CCS2. The van der Waals surface area contributed by atoms with Crippen LogP contribution in [0.3, 0.4) is 0 Å². The van der Waals surface area contributed by atoms with E-state index in [1.165, 1.54) is 22.8 Å². The van der Waals surface area contributed by atoms with Gasteiger partial charge in [0.1, 0.15) is 12.3 Å². The summed E-state index contributed by atoms with van der Waals surface area (Å²) in [5.74, 6) is 2.17. The first kappa shape index (κ1) is 10.8. The molecule has 0 atom stereocenters. The van der Waals surface area contributed by atoms with E-state index >= 15 is 0 Å². The molecule has 2 nitrogen and oxygen atoms in total. The molecule has 0 aliphatic carbocycles.